The van der Waals surface area contributed by atoms with E-state index in [0.29, 0.717) is 42.8 Å². The third kappa shape index (κ3) is 6.02. The van der Waals surface area contributed by atoms with Gasteiger partial charge in [-0.25, -0.2) is 0 Å². The summed E-state index contributed by atoms with van der Waals surface area (Å²) >= 11 is 0. The van der Waals surface area contributed by atoms with Crippen LogP contribution in [0.3, 0.4) is 0 Å². The summed E-state index contributed by atoms with van der Waals surface area (Å²) in [4.78, 5) is 23.3. The van der Waals surface area contributed by atoms with Crippen LogP contribution in [0.5, 0.6) is 11.5 Å². The van der Waals surface area contributed by atoms with Crippen molar-refractivity contribution >= 4 is 12.3 Å². The molecule has 1 aromatic carbocycles. The lowest BCUT2D eigenvalue weighted by Crippen LogP contribution is -2.26. The number of carbonyl (C=O) groups is 2. The molecule has 2 atom stereocenters. The Labute approximate surface area is 137 Å². The maximum Gasteiger partial charge on any atom is 0.314 e. The zero-order valence-corrected chi connectivity index (χ0v) is 14.2. The highest BCUT2D eigenvalue weighted by Gasteiger charge is 2.25. The fourth-order valence-corrected chi connectivity index (χ4v) is 2.28. The van der Waals surface area contributed by atoms with Crippen LogP contribution < -0.4 is 9.47 Å². The van der Waals surface area contributed by atoms with Gasteiger partial charge in [-0.3, -0.25) is 9.59 Å². The number of rotatable bonds is 9. The van der Waals surface area contributed by atoms with E-state index in [1.54, 1.807) is 25.1 Å². The van der Waals surface area contributed by atoms with Gasteiger partial charge in [-0.05, 0) is 50.8 Å². The molecule has 0 aliphatic carbocycles. The van der Waals surface area contributed by atoms with Crippen molar-refractivity contribution in [3.8, 4) is 11.5 Å². The van der Waals surface area contributed by atoms with E-state index in [1.165, 1.54) is 0 Å². The summed E-state index contributed by atoms with van der Waals surface area (Å²) in [5, 5.41) is 9.42. The molecule has 1 N–H and O–H groups in total. The molecule has 0 aliphatic heterocycles. The van der Waals surface area contributed by atoms with Crippen LogP contribution in [-0.2, 0) is 4.79 Å². The Bertz CT molecular complexity index is 522. The average Bonchev–Trinajstić information content (AvgIpc) is 2.48. The van der Waals surface area contributed by atoms with Crippen LogP contribution in [-0.4, -0.2) is 30.1 Å². The molecule has 0 saturated carbocycles. The topological polar surface area (TPSA) is 72.8 Å². The lowest BCUT2D eigenvalue weighted by Gasteiger charge is -2.20. The van der Waals surface area contributed by atoms with Gasteiger partial charge in [0.2, 0.25) is 0 Å². The Hall–Kier alpha value is -1.88. The first kappa shape index (κ1) is 19.2. The van der Waals surface area contributed by atoms with Crippen molar-refractivity contribution in [2.45, 2.75) is 46.6 Å². The third-order valence-corrected chi connectivity index (χ3v) is 3.62. The van der Waals surface area contributed by atoms with Crippen LogP contribution in [0.25, 0.3) is 0 Å². The quantitative estimate of drug-likeness (QED) is 0.429. The number of hydrogen-bond acceptors (Lipinski definition) is 5. The molecule has 0 saturated heterocycles. The minimum Gasteiger partial charge on any atom is -0.490 e. The molecule has 0 radical (unpaired) electrons. The predicted octanol–water partition coefficient (Wildman–Crippen LogP) is 3.24. The molecule has 128 valence electrons. The zero-order chi connectivity index (χ0) is 17.4. The number of esters is 1. The minimum atomic E-state index is -0.449. The Morgan fingerprint density at radius 2 is 1.91 bits per heavy atom. The molecular formula is C18H26O5. The van der Waals surface area contributed by atoms with Crippen molar-refractivity contribution in [3.63, 3.8) is 0 Å². The van der Waals surface area contributed by atoms with Gasteiger partial charge >= 0.3 is 5.97 Å². The van der Waals surface area contributed by atoms with Gasteiger partial charge in [0.1, 0.15) is 6.29 Å². The zero-order valence-electron chi connectivity index (χ0n) is 14.2. The van der Waals surface area contributed by atoms with Crippen LogP contribution in [0.1, 0.15) is 50.9 Å². The summed E-state index contributed by atoms with van der Waals surface area (Å²) < 4.78 is 10.9. The number of aliphatic hydroxyl groups excluding tert-OH is 1. The van der Waals surface area contributed by atoms with Crippen LogP contribution in [0.15, 0.2) is 18.2 Å². The largest absolute Gasteiger partial charge is 0.490 e. The fourth-order valence-electron chi connectivity index (χ4n) is 2.28. The Morgan fingerprint density at radius 3 is 2.43 bits per heavy atom. The second kappa shape index (κ2) is 9.30. The maximum absolute atomic E-state index is 12.4. The highest BCUT2D eigenvalue weighted by atomic mass is 16.6. The minimum absolute atomic E-state index is 0.103. The summed E-state index contributed by atoms with van der Waals surface area (Å²) in [7, 11) is 0. The summed E-state index contributed by atoms with van der Waals surface area (Å²) in [5.41, 5.74) is 0.461. The summed E-state index contributed by atoms with van der Waals surface area (Å²) in [6, 6.07) is 4.70. The van der Waals surface area contributed by atoms with Gasteiger partial charge in [-0.15, -0.1) is 0 Å². The molecule has 0 fully saturated rings. The van der Waals surface area contributed by atoms with Crippen molar-refractivity contribution in [2.24, 2.45) is 11.8 Å². The van der Waals surface area contributed by atoms with E-state index in [4.69, 9.17) is 9.47 Å². The van der Waals surface area contributed by atoms with Crippen molar-refractivity contribution in [2.75, 3.05) is 6.61 Å². The third-order valence-electron chi connectivity index (χ3n) is 3.62. The van der Waals surface area contributed by atoms with Crippen molar-refractivity contribution in [3.05, 3.63) is 23.8 Å². The van der Waals surface area contributed by atoms with Gasteiger partial charge in [0.05, 0.1) is 18.6 Å². The molecule has 0 aliphatic rings. The second-order valence-electron chi connectivity index (χ2n) is 5.96. The van der Waals surface area contributed by atoms with Crippen LogP contribution >= 0.6 is 0 Å². The number of benzene rings is 1. The van der Waals surface area contributed by atoms with E-state index in [1.807, 2.05) is 20.8 Å². The summed E-state index contributed by atoms with van der Waals surface area (Å²) in [6.45, 7) is 7.83. The highest BCUT2D eigenvalue weighted by molar-refractivity contribution is 5.79. The monoisotopic (exact) mass is 322 g/mol. The van der Waals surface area contributed by atoms with Gasteiger partial charge < -0.3 is 14.6 Å². The average molecular weight is 322 g/mol. The van der Waals surface area contributed by atoms with Crippen LogP contribution in [0.4, 0.5) is 0 Å². The number of aldehydes is 1. The lowest BCUT2D eigenvalue weighted by molar-refractivity contribution is -0.141. The molecule has 0 heterocycles. The van der Waals surface area contributed by atoms with Gasteiger partial charge in [-0.2, -0.15) is 0 Å². The first-order valence-electron chi connectivity index (χ1n) is 8.00. The molecule has 0 bridgehead atoms. The van der Waals surface area contributed by atoms with Gasteiger partial charge in [0, 0.05) is 5.56 Å². The van der Waals surface area contributed by atoms with Crippen molar-refractivity contribution in [1.29, 1.82) is 0 Å². The molecular weight excluding hydrogens is 296 g/mol. The first-order chi connectivity index (χ1) is 10.9. The summed E-state index contributed by atoms with van der Waals surface area (Å²) in [6.07, 6.45) is 1.37. The molecule has 23 heavy (non-hydrogen) atoms. The van der Waals surface area contributed by atoms with Crippen LogP contribution in [0.2, 0.25) is 0 Å². The first-order valence-corrected chi connectivity index (χ1v) is 8.00. The van der Waals surface area contributed by atoms with E-state index in [-0.39, 0.29) is 17.8 Å². The van der Waals surface area contributed by atoms with Gasteiger partial charge in [-0.1, -0.05) is 13.8 Å². The molecule has 0 aromatic heterocycles. The predicted molar refractivity (Wildman–Crippen MR) is 87.9 cm³/mol. The number of hydrogen-bond donors (Lipinski definition) is 1. The molecule has 0 amide bonds. The van der Waals surface area contributed by atoms with Gasteiger partial charge in [0.25, 0.3) is 0 Å². The van der Waals surface area contributed by atoms with E-state index in [0.717, 1.165) is 0 Å². The number of ether oxygens (including phenoxy) is 2. The highest BCUT2D eigenvalue weighted by Crippen LogP contribution is 2.30. The van der Waals surface area contributed by atoms with Crippen molar-refractivity contribution in [1.82, 2.24) is 0 Å². The second-order valence-corrected chi connectivity index (χ2v) is 5.96. The lowest BCUT2D eigenvalue weighted by atomic mass is 9.90. The number of aliphatic hydroxyl groups is 1. The van der Waals surface area contributed by atoms with E-state index >= 15 is 0 Å². The van der Waals surface area contributed by atoms with E-state index in [2.05, 4.69) is 0 Å². The molecule has 1 rings (SSSR count). The SMILES string of the molecule is CCOc1cc(C=O)ccc1OC(=O)C(CCC(C)O)C(C)C. The van der Waals surface area contributed by atoms with E-state index in [9.17, 15) is 14.7 Å². The fraction of sp³-hybridized carbons (Fsp3) is 0.556. The molecule has 5 heteroatoms. The Balaban J connectivity index is 2.90. The Morgan fingerprint density at radius 1 is 1.22 bits per heavy atom. The van der Waals surface area contributed by atoms with Gasteiger partial charge in [0.15, 0.2) is 11.5 Å². The molecule has 1 aromatic rings. The normalized spacial score (nSPS) is 13.5. The van der Waals surface area contributed by atoms with Crippen LogP contribution in [0, 0.1) is 11.8 Å². The molecule has 5 nitrogen and oxygen atoms in total. The molecule has 2 unspecified atom stereocenters. The van der Waals surface area contributed by atoms with Crippen molar-refractivity contribution < 1.29 is 24.2 Å². The Kier molecular flexibility index (Phi) is 7.75. The maximum atomic E-state index is 12.4. The van der Waals surface area contributed by atoms with E-state index < -0.39 is 6.10 Å². The smallest absolute Gasteiger partial charge is 0.314 e. The number of carbonyl (C=O) groups excluding carboxylic acids is 2. The molecule has 0 spiro atoms. The standard InChI is InChI=1S/C18H26O5/c1-5-22-17-10-14(11-19)7-9-16(17)23-18(21)15(12(2)3)8-6-13(4)20/h7,9-13,15,20H,5-6,8H2,1-4H3. The summed E-state index contributed by atoms with van der Waals surface area (Å²) in [5.74, 6) is 0.143.